The molecule has 1 heteroatoms. The zero-order valence-corrected chi connectivity index (χ0v) is 12.2. The van der Waals surface area contributed by atoms with Crippen molar-refractivity contribution in [3.63, 3.8) is 0 Å². The number of rotatable bonds is 7. The predicted molar refractivity (Wildman–Crippen MR) is 79.5 cm³/mol. The van der Waals surface area contributed by atoms with Gasteiger partial charge in [0.2, 0.25) is 0 Å². The van der Waals surface area contributed by atoms with Gasteiger partial charge in [-0.3, -0.25) is 0 Å². The first-order valence-electron chi connectivity index (χ1n) is 7.13. The second-order valence-corrected chi connectivity index (χ2v) is 4.68. The van der Waals surface area contributed by atoms with Gasteiger partial charge in [-0.05, 0) is 49.3 Å². The van der Waals surface area contributed by atoms with Crippen molar-refractivity contribution in [3.8, 4) is 5.75 Å². The largest absolute Gasteiger partial charge is 0.494 e. The van der Waals surface area contributed by atoms with Crippen molar-refractivity contribution in [1.82, 2.24) is 0 Å². The number of aryl methyl sites for hydroxylation is 1. The van der Waals surface area contributed by atoms with Crippen LogP contribution in [0.1, 0.15) is 57.6 Å². The van der Waals surface area contributed by atoms with Gasteiger partial charge in [-0.1, -0.05) is 45.1 Å². The maximum atomic E-state index is 5.74. The lowest BCUT2D eigenvalue weighted by molar-refractivity contribution is 0.334. The number of allylic oxidation sites excluding steroid dienone is 2. The number of hydrogen-bond acceptors (Lipinski definition) is 1. The van der Waals surface area contributed by atoms with Crippen LogP contribution in [0.3, 0.4) is 0 Å². The molecule has 1 nitrogen and oxygen atoms in total. The third kappa shape index (κ3) is 4.21. The van der Waals surface area contributed by atoms with E-state index in [4.69, 9.17) is 4.74 Å². The molecule has 0 fully saturated rings. The summed E-state index contributed by atoms with van der Waals surface area (Å²) in [5, 5.41) is 0. The first kappa shape index (κ1) is 14.8. The van der Waals surface area contributed by atoms with Gasteiger partial charge in [0.25, 0.3) is 0 Å². The van der Waals surface area contributed by atoms with E-state index in [9.17, 15) is 0 Å². The highest BCUT2D eigenvalue weighted by atomic mass is 16.5. The first-order chi connectivity index (χ1) is 8.72. The molecule has 0 N–H and O–H groups in total. The van der Waals surface area contributed by atoms with E-state index in [1.807, 2.05) is 6.92 Å². The molecule has 0 aromatic heterocycles. The highest BCUT2D eigenvalue weighted by Gasteiger charge is 2.11. The minimum atomic E-state index is 0.515. The van der Waals surface area contributed by atoms with Gasteiger partial charge < -0.3 is 4.74 Å². The molecule has 1 aromatic carbocycles. The fraction of sp³-hybridized carbons (Fsp3) is 0.529. The van der Waals surface area contributed by atoms with Crippen LogP contribution in [-0.4, -0.2) is 6.61 Å². The molecule has 0 saturated heterocycles. The average Bonchev–Trinajstić information content (AvgIpc) is 2.39. The third-order valence-corrected chi connectivity index (χ3v) is 3.21. The molecule has 1 aromatic rings. The van der Waals surface area contributed by atoms with Crippen molar-refractivity contribution in [2.24, 2.45) is 0 Å². The number of hydrogen-bond donors (Lipinski definition) is 0. The van der Waals surface area contributed by atoms with E-state index >= 15 is 0 Å². The average molecular weight is 246 g/mol. The molecular weight excluding hydrogens is 220 g/mol. The molecule has 0 saturated carbocycles. The standard InChI is InChI=1S/C17H26O/c1-5-8-9-10-14(4)16-13-15(6-2)11-12-17(16)18-7-3/h8-9,11-14H,5-7,10H2,1-4H3/b9-8-. The molecule has 0 bridgehead atoms. The summed E-state index contributed by atoms with van der Waals surface area (Å²) in [4.78, 5) is 0. The Morgan fingerprint density at radius 3 is 2.56 bits per heavy atom. The molecule has 0 aliphatic carbocycles. The van der Waals surface area contributed by atoms with Gasteiger partial charge >= 0.3 is 0 Å². The van der Waals surface area contributed by atoms with E-state index in [1.54, 1.807) is 0 Å². The van der Waals surface area contributed by atoms with E-state index in [0.717, 1.165) is 31.6 Å². The van der Waals surface area contributed by atoms with Gasteiger partial charge in [-0.2, -0.15) is 0 Å². The smallest absolute Gasteiger partial charge is 0.122 e. The number of benzene rings is 1. The molecule has 0 radical (unpaired) electrons. The van der Waals surface area contributed by atoms with E-state index in [-0.39, 0.29) is 0 Å². The van der Waals surface area contributed by atoms with Crippen LogP contribution in [0.15, 0.2) is 30.4 Å². The molecule has 0 heterocycles. The third-order valence-electron chi connectivity index (χ3n) is 3.21. The van der Waals surface area contributed by atoms with Crippen molar-refractivity contribution >= 4 is 0 Å². The molecule has 1 unspecified atom stereocenters. The molecule has 0 spiro atoms. The van der Waals surface area contributed by atoms with Gasteiger partial charge in [0.05, 0.1) is 6.61 Å². The Labute approximate surface area is 112 Å². The van der Waals surface area contributed by atoms with Gasteiger partial charge in [0, 0.05) is 0 Å². The fourth-order valence-corrected chi connectivity index (χ4v) is 2.08. The van der Waals surface area contributed by atoms with Crippen molar-refractivity contribution < 1.29 is 4.74 Å². The Bertz CT molecular complexity index is 379. The van der Waals surface area contributed by atoms with Gasteiger partial charge in [-0.15, -0.1) is 0 Å². The quantitative estimate of drug-likeness (QED) is 0.608. The lowest BCUT2D eigenvalue weighted by Crippen LogP contribution is -2.01. The van der Waals surface area contributed by atoms with Crippen molar-refractivity contribution in [2.75, 3.05) is 6.61 Å². The Hall–Kier alpha value is -1.24. The van der Waals surface area contributed by atoms with Crippen LogP contribution in [0.4, 0.5) is 0 Å². The van der Waals surface area contributed by atoms with Crippen LogP contribution in [0, 0.1) is 0 Å². The molecule has 0 amide bonds. The summed E-state index contributed by atoms with van der Waals surface area (Å²) in [5.74, 6) is 1.56. The topological polar surface area (TPSA) is 9.23 Å². The minimum absolute atomic E-state index is 0.515. The maximum Gasteiger partial charge on any atom is 0.122 e. The van der Waals surface area contributed by atoms with Gasteiger partial charge in [0.15, 0.2) is 0 Å². The van der Waals surface area contributed by atoms with Crippen LogP contribution in [0.5, 0.6) is 5.75 Å². The normalized spacial score (nSPS) is 12.9. The van der Waals surface area contributed by atoms with E-state index < -0.39 is 0 Å². The van der Waals surface area contributed by atoms with E-state index in [0.29, 0.717) is 5.92 Å². The van der Waals surface area contributed by atoms with Crippen molar-refractivity contribution in [3.05, 3.63) is 41.5 Å². The van der Waals surface area contributed by atoms with Crippen LogP contribution < -0.4 is 4.74 Å². The Kier molecular flexibility index (Phi) is 6.56. The number of ether oxygens (including phenoxy) is 1. The van der Waals surface area contributed by atoms with Crippen LogP contribution in [0.25, 0.3) is 0 Å². The predicted octanol–water partition coefficient (Wildman–Crippen LogP) is 5.11. The summed E-state index contributed by atoms with van der Waals surface area (Å²) in [6.45, 7) is 9.41. The summed E-state index contributed by atoms with van der Waals surface area (Å²) in [6.07, 6.45) is 7.79. The minimum Gasteiger partial charge on any atom is -0.494 e. The van der Waals surface area contributed by atoms with Crippen molar-refractivity contribution in [1.29, 1.82) is 0 Å². The summed E-state index contributed by atoms with van der Waals surface area (Å²) in [7, 11) is 0. The van der Waals surface area contributed by atoms with Crippen molar-refractivity contribution in [2.45, 2.75) is 52.9 Å². The molecular formula is C17H26O. The van der Waals surface area contributed by atoms with Crippen LogP contribution >= 0.6 is 0 Å². The Morgan fingerprint density at radius 2 is 1.94 bits per heavy atom. The SMILES string of the molecule is CC/C=C\CC(C)c1cc(CC)ccc1OCC. The highest BCUT2D eigenvalue weighted by molar-refractivity contribution is 5.40. The summed E-state index contributed by atoms with van der Waals surface area (Å²) >= 11 is 0. The monoisotopic (exact) mass is 246 g/mol. The lowest BCUT2D eigenvalue weighted by Gasteiger charge is -2.16. The molecule has 0 aliphatic rings. The molecule has 0 aliphatic heterocycles. The molecule has 100 valence electrons. The van der Waals surface area contributed by atoms with Crippen LogP contribution in [0.2, 0.25) is 0 Å². The molecule has 18 heavy (non-hydrogen) atoms. The summed E-state index contributed by atoms with van der Waals surface area (Å²) < 4.78 is 5.74. The van der Waals surface area contributed by atoms with Gasteiger partial charge in [-0.25, -0.2) is 0 Å². The Balaban J connectivity index is 2.90. The summed E-state index contributed by atoms with van der Waals surface area (Å²) in [6, 6.07) is 6.59. The zero-order chi connectivity index (χ0) is 13.4. The first-order valence-corrected chi connectivity index (χ1v) is 7.13. The van der Waals surface area contributed by atoms with Crippen LogP contribution in [-0.2, 0) is 6.42 Å². The highest BCUT2D eigenvalue weighted by Crippen LogP contribution is 2.30. The molecule has 1 rings (SSSR count). The summed E-state index contributed by atoms with van der Waals surface area (Å²) in [5.41, 5.74) is 2.73. The zero-order valence-electron chi connectivity index (χ0n) is 12.2. The van der Waals surface area contributed by atoms with Gasteiger partial charge in [0.1, 0.15) is 5.75 Å². The second-order valence-electron chi connectivity index (χ2n) is 4.68. The van der Waals surface area contributed by atoms with E-state index in [1.165, 1.54) is 11.1 Å². The fourth-order valence-electron chi connectivity index (χ4n) is 2.08. The maximum absolute atomic E-state index is 5.74. The second kappa shape index (κ2) is 7.97. The molecule has 1 atom stereocenters. The lowest BCUT2D eigenvalue weighted by atomic mass is 9.94. The van der Waals surface area contributed by atoms with E-state index in [2.05, 4.69) is 51.1 Å². The Morgan fingerprint density at radius 1 is 1.17 bits per heavy atom.